The summed E-state index contributed by atoms with van der Waals surface area (Å²) < 4.78 is 28.5. The van der Waals surface area contributed by atoms with Crippen LogP contribution in [0.25, 0.3) is 16.6 Å². The molecule has 6 heteroatoms. The van der Waals surface area contributed by atoms with Gasteiger partial charge in [-0.2, -0.15) is 8.78 Å². The highest BCUT2D eigenvalue weighted by molar-refractivity contribution is 7.98. The second kappa shape index (κ2) is 5.11. The lowest BCUT2D eigenvalue weighted by Gasteiger charge is -2.10. The molecule has 108 valence electrons. The molecular weight excluding hydrogens is 292 g/mol. The van der Waals surface area contributed by atoms with Crippen LogP contribution in [0, 0.1) is 0 Å². The SMILES string of the molecule is CSc1ccc(-c2ccc3cnc(C(C)(F)F)n3c2)cn1. The number of hydrogen-bond donors (Lipinski definition) is 0. The Balaban J connectivity index is 2.11. The maximum Gasteiger partial charge on any atom is 0.302 e. The van der Waals surface area contributed by atoms with Crippen LogP contribution in [0.3, 0.4) is 0 Å². The molecule has 0 amide bonds. The van der Waals surface area contributed by atoms with Gasteiger partial charge >= 0.3 is 5.92 Å². The summed E-state index contributed by atoms with van der Waals surface area (Å²) >= 11 is 1.56. The number of alkyl halides is 2. The molecule has 0 aromatic carbocycles. The fourth-order valence-electron chi connectivity index (χ4n) is 2.16. The van der Waals surface area contributed by atoms with Crippen LogP contribution >= 0.6 is 11.8 Å². The number of nitrogens with zero attached hydrogens (tertiary/aromatic N) is 3. The summed E-state index contributed by atoms with van der Waals surface area (Å²) in [7, 11) is 0. The third-order valence-electron chi connectivity index (χ3n) is 3.20. The first-order valence-electron chi connectivity index (χ1n) is 6.35. The predicted molar refractivity (Wildman–Crippen MR) is 79.8 cm³/mol. The fraction of sp³-hybridized carbons (Fsp3) is 0.200. The molecule has 21 heavy (non-hydrogen) atoms. The van der Waals surface area contributed by atoms with E-state index >= 15 is 0 Å². The normalized spacial score (nSPS) is 12.0. The molecule has 3 rings (SSSR count). The molecular formula is C15H13F2N3S. The van der Waals surface area contributed by atoms with Gasteiger partial charge in [-0.05, 0) is 24.0 Å². The Morgan fingerprint density at radius 1 is 1.05 bits per heavy atom. The van der Waals surface area contributed by atoms with Gasteiger partial charge in [0, 0.05) is 24.9 Å². The summed E-state index contributed by atoms with van der Waals surface area (Å²) in [4.78, 5) is 8.13. The van der Waals surface area contributed by atoms with Gasteiger partial charge in [-0.25, -0.2) is 9.97 Å². The van der Waals surface area contributed by atoms with Crippen molar-refractivity contribution in [2.45, 2.75) is 17.9 Å². The number of halogens is 2. The molecule has 0 spiro atoms. The van der Waals surface area contributed by atoms with Crippen molar-refractivity contribution < 1.29 is 8.78 Å². The lowest BCUT2D eigenvalue weighted by molar-refractivity contribution is 0.00721. The van der Waals surface area contributed by atoms with Crippen molar-refractivity contribution in [1.29, 1.82) is 0 Å². The van der Waals surface area contributed by atoms with Crippen LogP contribution < -0.4 is 0 Å². The average molecular weight is 305 g/mol. The number of hydrogen-bond acceptors (Lipinski definition) is 3. The highest BCUT2D eigenvalue weighted by Crippen LogP contribution is 2.28. The number of imidazole rings is 1. The zero-order chi connectivity index (χ0) is 15.0. The molecule has 0 unspecified atom stereocenters. The summed E-state index contributed by atoms with van der Waals surface area (Å²) in [5.74, 6) is -3.24. The number of pyridine rings is 2. The highest BCUT2D eigenvalue weighted by Gasteiger charge is 2.29. The van der Waals surface area contributed by atoms with E-state index in [9.17, 15) is 8.78 Å². The molecule has 3 aromatic rings. The molecule has 0 aliphatic carbocycles. The predicted octanol–water partition coefficient (Wildman–Crippen LogP) is 4.23. The first kappa shape index (κ1) is 14.0. The summed E-state index contributed by atoms with van der Waals surface area (Å²) in [6.45, 7) is 0.850. The first-order valence-corrected chi connectivity index (χ1v) is 7.57. The van der Waals surface area contributed by atoms with Gasteiger partial charge in [0.1, 0.15) is 0 Å². The molecule has 0 fully saturated rings. The topological polar surface area (TPSA) is 30.2 Å². The molecule has 0 aliphatic heterocycles. The van der Waals surface area contributed by atoms with E-state index in [1.54, 1.807) is 30.2 Å². The Labute approximate surface area is 125 Å². The van der Waals surface area contributed by atoms with Crippen molar-refractivity contribution in [2.75, 3.05) is 6.26 Å². The summed E-state index contributed by atoms with van der Waals surface area (Å²) in [6.07, 6.45) is 6.82. The van der Waals surface area contributed by atoms with Gasteiger partial charge in [-0.1, -0.05) is 12.1 Å². The largest absolute Gasteiger partial charge is 0.302 e. The van der Waals surface area contributed by atoms with Crippen LogP contribution in [0.2, 0.25) is 0 Å². The van der Waals surface area contributed by atoms with Crippen LogP contribution in [-0.4, -0.2) is 20.6 Å². The highest BCUT2D eigenvalue weighted by atomic mass is 32.2. The Kier molecular flexibility index (Phi) is 3.41. The summed E-state index contributed by atoms with van der Waals surface area (Å²) in [6, 6.07) is 7.50. The van der Waals surface area contributed by atoms with Crippen LogP contribution in [0.4, 0.5) is 8.78 Å². The van der Waals surface area contributed by atoms with Crippen molar-refractivity contribution >= 4 is 17.3 Å². The second-order valence-corrected chi connectivity index (χ2v) is 5.60. The van der Waals surface area contributed by atoms with Gasteiger partial charge in [-0.15, -0.1) is 11.8 Å². The van der Waals surface area contributed by atoms with Gasteiger partial charge in [0.25, 0.3) is 0 Å². The zero-order valence-electron chi connectivity index (χ0n) is 11.5. The first-order chi connectivity index (χ1) is 9.99. The number of rotatable bonds is 3. The van der Waals surface area contributed by atoms with Crippen molar-refractivity contribution in [3.8, 4) is 11.1 Å². The fourth-order valence-corrected chi connectivity index (χ4v) is 2.52. The molecule has 0 radical (unpaired) electrons. The molecule has 0 saturated heterocycles. The van der Waals surface area contributed by atoms with Crippen molar-refractivity contribution in [3.05, 3.63) is 48.7 Å². The smallest absolute Gasteiger partial charge is 0.298 e. The van der Waals surface area contributed by atoms with E-state index in [0.717, 1.165) is 23.1 Å². The zero-order valence-corrected chi connectivity index (χ0v) is 12.4. The minimum absolute atomic E-state index is 0.256. The van der Waals surface area contributed by atoms with Gasteiger partial charge in [0.15, 0.2) is 5.82 Å². The van der Waals surface area contributed by atoms with E-state index in [2.05, 4.69) is 9.97 Å². The number of thioether (sulfide) groups is 1. The molecule has 3 heterocycles. The maximum atomic E-state index is 13.6. The van der Waals surface area contributed by atoms with Crippen LogP contribution in [-0.2, 0) is 5.92 Å². The number of aromatic nitrogens is 3. The Morgan fingerprint density at radius 2 is 1.81 bits per heavy atom. The summed E-state index contributed by atoms with van der Waals surface area (Å²) in [5, 5.41) is 0.920. The van der Waals surface area contributed by atoms with Crippen LogP contribution in [0.15, 0.2) is 47.9 Å². The van der Waals surface area contributed by atoms with Crippen molar-refractivity contribution in [1.82, 2.24) is 14.4 Å². The average Bonchev–Trinajstić information content (AvgIpc) is 2.90. The standard InChI is InChI=1S/C15H13F2N3S/c1-15(16,17)14-19-8-12-5-3-11(9-20(12)14)10-4-6-13(21-2)18-7-10/h3-9H,1-2H3. The van der Waals surface area contributed by atoms with E-state index in [1.165, 1.54) is 10.6 Å². The monoisotopic (exact) mass is 305 g/mol. The van der Waals surface area contributed by atoms with E-state index in [4.69, 9.17) is 0 Å². The summed E-state index contributed by atoms with van der Waals surface area (Å²) in [5.41, 5.74) is 2.35. The third kappa shape index (κ3) is 2.63. The Morgan fingerprint density at radius 3 is 2.43 bits per heavy atom. The minimum atomic E-state index is -2.98. The van der Waals surface area contributed by atoms with E-state index in [1.807, 2.05) is 24.5 Å². The van der Waals surface area contributed by atoms with Gasteiger partial charge in [0.05, 0.1) is 16.7 Å². The molecule has 3 aromatic heterocycles. The van der Waals surface area contributed by atoms with Crippen LogP contribution in [0.5, 0.6) is 0 Å². The van der Waals surface area contributed by atoms with E-state index < -0.39 is 5.92 Å². The van der Waals surface area contributed by atoms with Gasteiger partial charge < -0.3 is 0 Å². The molecule has 0 N–H and O–H groups in total. The molecule has 0 atom stereocenters. The van der Waals surface area contributed by atoms with E-state index in [0.29, 0.717) is 5.52 Å². The van der Waals surface area contributed by atoms with E-state index in [-0.39, 0.29) is 5.82 Å². The molecule has 3 nitrogen and oxygen atoms in total. The molecule has 0 aliphatic rings. The minimum Gasteiger partial charge on any atom is -0.298 e. The molecule has 0 bridgehead atoms. The second-order valence-electron chi connectivity index (χ2n) is 4.77. The van der Waals surface area contributed by atoms with Crippen molar-refractivity contribution in [3.63, 3.8) is 0 Å². The quantitative estimate of drug-likeness (QED) is 0.678. The van der Waals surface area contributed by atoms with Gasteiger partial charge in [-0.3, -0.25) is 4.40 Å². The molecule has 0 saturated carbocycles. The Hall–Kier alpha value is -1.95. The third-order valence-corrected chi connectivity index (χ3v) is 3.86. The van der Waals surface area contributed by atoms with Crippen molar-refractivity contribution in [2.24, 2.45) is 0 Å². The lowest BCUT2D eigenvalue weighted by Crippen LogP contribution is -2.12. The van der Waals surface area contributed by atoms with Gasteiger partial charge in [0.2, 0.25) is 0 Å². The van der Waals surface area contributed by atoms with Crippen LogP contribution in [0.1, 0.15) is 12.7 Å². The Bertz CT molecular complexity index is 776. The number of fused-ring (bicyclic) bond motifs is 1. The lowest BCUT2D eigenvalue weighted by atomic mass is 10.1. The maximum absolute atomic E-state index is 13.6.